The predicted molar refractivity (Wildman–Crippen MR) is 118 cm³/mol. The summed E-state index contributed by atoms with van der Waals surface area (Å²) in [5, 5.41) is 9.30. The van der Waals surface area contributed by atoms with Gasteiger partial charge in [0.2, 0.25) is 0 Å². The van der Waals surface area contributed by atoms with Crippen molar-refractivity contribution in [3.05, 3.63) is 65.7 Å². The summed E-state index contributed by atoms with van der Waals surface area (Å²) in [6.07, 6.45) is -0.371. The number of nitrogens with zero attached hydrogens (tertiary/aromatic N) is 3. The van der Waals surface area contributed by atoms with Crippen molar-refractivity contribution in [1.29, 1.82) is 0 Å². The minimum atomic E-state index is -0.371. The van der Waals surface area contributed by atoms with Crippen LogP contribution < -0.4 is 9.47 Å². The summed E-state index contributed by atoms with van der Waals surface area (Å²) in [5.41, 5.74) is 0.469. The number of methoxy groups -OCH3 is 1. The van der Waals surface area contributed by atoms with Gasteiger partial charge >= 0.3 is 0 Å². The maximum Gasteiger partial charge on any atom is 0.191 e. The topological polar surface area (TPSA) is 66.2 Å². The van der Waals surface area contributed by atoms with Gasteiger partial charge in [-0.2, -0.15) is 0 Å². The highest BCUT2D eigenvalue weighted by molar-refractivity contribution is 7.99. The normalized spacial score (nSPS) is 12.1. The molecule has 2 aromatic carbocycles. The molecule has 0 aliphatic rings. The molecule has 3 aromatic rings. The molecule has 1 atom stereocenters. The number of para-hydroxylation sites is 2. The van der Waals surface area contributed by atoms with Gasteiger partial charge in [-0.3, -0.25) is 4.79 Å². The third-order valence-corrected chi connectivity index (χ3v) is 5.49. The smallest absolute Gasteiger partial charge is 0.191 e. The van der Waals surface area contributed by atoms with E-state index in [0.717, 1.165) is 0 Å². The Morgan fingerprint density at radius 3 is 2.39 bits per heavy atom. The van der Waals surface area contributed by atoms with Gasteiger partial charge in [-0.1, -0.05) is 37.7 Å². The Hall–Kier alpha value is -2.87. The second kappa shape index (κ2) is 10.4. The molecule has 6 nitrogen and oxygen atoms in total. The average Bonchev–Trinajstić information content (AvgIpc) is 3.14. The Labute approximate surface area is 185 Å². The molecular weight excluding hydrogens is 417 g/mol. The zero-order chi connectivity index (χ0) is 22.4. The number of halogens is 1. The van der Waals surface area contributed by atoms with Gasteiger partial charge < -0.3 is 14.0 Å². The highest BCUT2D eigenvalue weighted by Gasteiger charge is 2.22. The molecule has 0 saturated heterocycles. The lowest BCUT2D eigenvalue weighted by atomic mass is 10.1. The Bertz CT molecular complexity index is 1020. The SMILES string of the molecule is COc1ccccc1OC(C)c1nnc(SCC(=O)c2ccc(F)cc2)n1CC(C)C. The van der Waals surface area contributed by atoms with Crippen LogP contribution in [0.2, 0.25) is 0 Å². The van der Waals surface area contributed by atoms with Gasteiger partial charge in [-0.05, 0) is 49.2 Å². The first-order valence-electron chi connectivity index (χ1n) is 10.0. The van der Waals surface area contributed by atoms with Crippen molar-refractivity contribution in [2.45, 2.75) is 38.6 Å². The molecule has 164 valence electrons. The van der Waals surface area contributed by atoms with Crippen molar-refractivity contribution >= 4 is 17.5 Å². The van der Waals surface area contributed by atoms with E-state index in [1.807, 2.05) is 35.8 Å². The number of carbonyl (C=O) groups excluding carboxylic acids is 1. The number of hydrogen-bond donors (Lipinski definition) is 0. The van der Waals surface area contributed by atoms with Gasteiger partial charge in [-0.15, -0.1) is 10.2 Å². The van der Waals surface area contributed by atoms with E-state index in [1.165, 1.54) is 36.0 Å². The second-order valence-electron chi connectivity index (χ2n) is 7.47. The molecule has 0 radical (unpaired) electrons. The fourth-order valence-corrected chi connectivity index (χ4v) is 3.90. The number of thioether (sulfide) groups is 1. The summed E-state index contributed by atoms with van der Waals surface area (Å²) in [6.45, 7) is 6.81. The van der Waals surface area contributed by atoms with Crippen LogP contribution in [0.1, 0.15) is 43.1 Å². The minimum Gasteiger partial charge on any atom is -0.493 e. The van der Waals surface area contributed by atoms with Gasteiger partial charge in [0.05, 0.1) is 12.9 Å². The fourth-order valence-electron chi connectivity index (χ4n) is 3.05. The second-order valence-corrected chi connectivity index (χ2v) is 8.42. The van der Waals surface area contributed by atoms with Crippen LogP contribution in [0.15, 0.2) is 53.7 Å². The number of aromatic nitrogens is 3. The Morgan fingerprint density at radius 1 is 1.06 bits per heavy atom. The number of ketones is 1. The fraction of sp³-hybridized carbons (Fsp3) is 0.348. The monoisotopic (exact) mass is 443 g/mol. The summed E-state index contributed by atoms with van der Waals surface area (Å²) < 4.78 is 26.6. The number of benzene rings is 2. The van der Waals surface area contributed by atoms with Gasteiger partial charge in [-0.25, -0.2) is 4.39 Å². The predicted octanol–water partition coefficient (Wildman–Crippen LogP) is 5.20. The van der Waals surface area contributed by atoms with Crippen LogP contribution in [0, 0.1) is 11.7 Å². The summed E-state index contributed by atoms with van der Waals surface area (Å²) in [5.74, 6) is 2.01. The van der Waals surface area contributed by atoms with Crippen molar-refractivity contribution < 1.29 is 18.7 Å². The summed E-state index contributed by atoms with van der Waals surface area (Å²) in [4.78, 5) is 12.5. The van der Waals surface area contributed by atoms with Gasteiger partial charge in [0.15, 0.2) is 34.4 Å². The molecule has 0 saturated carbocycles. The average molecular weight is 444 g/mol. The summed E-state index contributed by atoms with van der Waals surface area (Å²) in [7, 11) is 1.60. The summed E-state index contributed by atoms with van der Waals surface area (Å²) in [6, 6.07) is 13.0. The lowest BCUT2D eigenvalue weighted by molar-refractivity contribution is 0.102. The summed E-state index contributed by atoms with van der Waals surface area (Å²) >= 11 is 1.31. The highest BCUT2D eigenvalue weighted by atomic mass is 32.2. The maximum absolute atomic E-state index is 13.1. The van der Waals surface area contributed by atoms with E-state index < -0.39 is 0 Å². The van der Waals surface area contributed by atoms with Crippen molar-refractivity contribution in [2.75, 3.05) is 12.9 Å². The third-order valence-electron chi connectivity index (χ3n) is 4.53. The first kappa shape index (κ1) is 22.8. The minimum absolute atomic E-state index is 0.0935. The molecule has 8 heteroatoms. The van der Waals surface area contributed by atoms with Gasteiger partial charge in [0.1, 0.15) is 5.82 Å². The van der Waals surface area contributed by atoms with Crippen LogP contribution in [0.25, 0.3) is 0 Å². The molecule has 0 N–H and O–H groups in total. The van der Waals surface area contributed by atoms with E-state index in [1.54, 1.807) is 7.11 Å². The van der Waals surface area contributed by atoms with Crippen molar-refractivity contribution in [1.82, 2.24) is 14.8 Å². The molecule has 0 aliphatic heterocycles. The van der Waals surface area contributed by atoms with E-state index in [4.69, 9.17) is 9.47 Å². The molecule has 1 unspecified atom stereocenters. The van der Waals surface area contributed by atoms with Crippen LogP contribution in [-0.4, -0.2) is 33.4 Å². The number of Topliss-reactive ketones (excluding diaryl/α,β-unsaturated/α-hetero) is 1. The molecule has 0 fully saturated rings. The standard InChI is InChI=1S/C23H26FN3O3S/c1-15(2)13-27-22(16(3)30-21-8-6-5-7-20(21)29-4)25-26-23(27)31-14-19(28)17-9-11-18(24)12-10-17/h5-12,15-16H,13-14H2,1-4H3. The van der Waals surface area contributed by atoms with E-state index in [-0.39, 0.29) is 23.5 Å². The van der Waals surface area contributed by atoms with Crippen LogP contribution in [-0.2, 0) is 6.54 Å². The molecule has 3 rings (SSSR count). The van der Waals surface area contributed by atoms with Crippen LogP contribution in [0.5, 0.6) is 11.5 Å². The Kier molecular flexibility index (Phi) is 7.68. The van der Waals surface area contributed by atoms with E-state index in [9.17, 15) is 9.18 Å². The number of carbonyl (C=O) groups is 1. The lowest BCUT2D eigenvalue weighted by Gasteiger charge is -2.19. The number of rotatable bonds is 10. The van der Waals surface area contributed by atoms with E-state index in [2.05, 4.69) is 24.0 Å². The Balaban J connectivity index is 1.77. The van der Waals surface area contributed by atoms with Crippen LogP contribution in [0.3, 0.4) is 0 Å². The molecule has 31 heavy (non-hydrogen) atoms. The number of hydrogen-bond acceptors (Lipinski definition) is 6. The first-order chi connectivity index (χ1) is 14.9. The maximum atomic E-state index is 13.1. The van der Waals surface area contributed by atoms with Gasteiger partial charge in [0.25, 0.3) is 0 Å². The highest BCUT2D eigenvalue weighted by Crippen LogP contribution is 2.31. The van der Waals surface area contributed by atoms with E-state index >= 15 is 0 Å². The first-order valence-corrected chi connectivity index (χ1v) is 11.0. The number of ether oxygens (including phenoxy) is 2. The molecule has 0 bridgehead atoms. The molecule has 0 spiro atoms. The molecule has 1 heterocycles. The van der Waals surface area contributed by atoms with Gasteiger partial charge in [0, 0.05) is 12.1 Å². The quantitative estimate of drug-likeness (QED) is 0.317. The Morgan fingerprint density at radius 2 is 1.74 bits per heavy atom. The van der Waals surface area contributed by atoms with Crippen LogP contribution in [0.4, 0.5) is 4.39 Å². The zero-order valence-corrected chi connectivity index (χ0v) is 18.9. The largest absolute Gasteiger partial charge is 0.493 e. The zero-order valence-electron chi connectivity index (χ0n) is 18.0. The lowest BCUT2D eigenvalue weighted by Crippen LogP contribution is -2.16. The van der Waals surface area contributed by atoms with Crippen molar-refractivity contribution in [3.63, 3.8) is 0 Å². The molecule has 1 aromatic heterocycles. The van der Waals surface area contributed by atoms with Crippen molar-refractivity contribution in [2.24, 2.45) is 5.92 Å². The molecular formula is C23H26FN3O3S. The van der Waals surface area contributed by atoms with Crippen LogP contribution >= 0.6 is 11.8 Å². The third kappa shape index (κ3) is 5.85. The van der Waals surface area contributed by atoms with E-state index in [0.29, 0.717) is 40.5 Å². The van der Waals surface area contributed by atoms with Crippen molar-refractivity contribution in [3.8, 4) is 11.5 Å². The molecule has 0 aliphatic carbocycles. The molecule has 0 amide bonds.